The highest BCUT2D eigenvalue weighted by atomic mass is 16.4. The third-order valence-corrected chi connectivity index (χ3v) is 3.39. The van der Waals surface area contributed by atoms with Gasteiger partial charge in [0.05, 0.1) is 18.2 Å². The first kappa shape index (κ1) is 13.1. The number of carbonyl (C=O) groups is 1. The van der Waals surface area contributed by atoms with Gasteiger partial charge in [-0.1, -0.05) is 6.42 Å². The SMILES string of the molecule is O=C(O)c1coc(CNCC2CCCC(O)C2)c1. The van der Waals surface area contributed by atoms with Gasteiger partial charge in [0.15, 0.2) is 0 Å². The summed E-state index contributed by atoms with van der Waals surface area (Å²) in [5.41, 5.74) is 0.180. The van der Waals surface area contributed by atoms with Crippen molar-refractivity contribution in [3.63, 3.8) is 0 Å². The van der Waals surface area contributed by atoms with E-state index in [1.165, 1.54) is 12.3 Å². The van der Waals surface area contributed by atoms with Gasteiger partial charge in [0.1, 0.15) is 12.0 Å². The molecule has 0 aromatic carbocycles. The quantitative estimate of drug-likeness (QED) is 0.742. The Labute approximate surface area is 106 Å². The van der Waals surface area contributed by atoms with Gasteiger partial charge < -0.3 is 19.9 Å². The number of furan rings is 1. The maximum absolute atomic E-state index is 10.7. The summed E-state index contributed by atoms with van der Waals surface area (Å²) in [5, 5.41) is 21.5. The van der Waals surface area contributed by atoms with E-state index in [9.17, 15) is 9.90 Å². The van der Waals surface area contributed by atoms with Crippen LogP contribution in [0.4, 0.5) is 0 Å². The van der Waals surface area contributed by atoms with Gasteiger partial charge >= 0.3 is 5.97 Å². The maximum Gasteiger partial charge on any atom is 0.338 e. The van der Waals surface area contributed by atoms with Gasteiger partial charge in [-0.15, -0.1) is 0 Å². The summed E-state index contributed by atoms with van der Waals surface area (Å²) < 4.78 is 5.14. The van der Waals surface area contributed by atoms with Gasteiger partial charge in [0, 0.05) is 0 Å². The lowest BCUT2D eigenvalue weighted by Gasteiger charge is -2.25. The lowest BCUT2D eigenvalue weighted by molar-refractivity contribution is 0.0696. The molecular formula is C13H19NO4. The smallest absolute Gasteiger partial charge is 0.338 e. The highest BCUT2D eigenvalue weighted by molar-refractivity contribution is 5.87. The molecule has 0 aliphatic heterocycles. The summed E-state index contributed by atoms with van der Waals surface area (Å²) in [4.78, 5) is 10.7. The van der Waals surface area contributed by atoms with Crippen molar-refractivity contribution in [3.05, 3.63) is 23.7 Å². The van der Waals surface area contributed by atoms with E-state index in [-0.39, 0.29) is 11.7 Å². The van der Waals surface area contributed by atoms with E-state index in [1.54, 1.807) is 0 Å². The van der Waals surface area contributed by atoms with Gasteiger partial charge in [-0.05, 0) is 37.8 Å². The summed E-state index contributed by atoms with van der Waals surface area (Å²) in [7, 11) is 0. The van der Waals surface area contributed by atoms with Gasteiger partial charge in [0.25, 0.3) is 0 Å². The standard InChI is InChI=1S/C13H19NO4/c15-11-3-1-2-9(4-11)6-14-7-12-5-10(8-18-12)13(16)17/h5,8-9,11,14-15H,1-4,6-7H2,(H,16,17). The van der Waals surface area contributed by atoms with Crippen molar-refractivity contribution in [3.8, 4) is 0 Å². The molecule has 2 rings (SSSR count). The highest BCUT2D eigenvalue weighted by Gasteiger charge is 2.19. The van der Waals surface area contributed by atoms with E-state index in [4.69, 9.17) is 9.52 Å². The molecule has 0 amide bonds. The van der Waals surface area contributed by atoms with Gasteiger partial charge in [-0.25, -0.2) is 4.79 Å². The number of carboxylic acids is 1. The van der Waals surface area contributed by atoms with Crippen LogP contribution < -0.4 is 5.32 Å². The van der Waals surface area contributed by atoms with Crippen LogP contribution in [0.15, 0.2) is 16.7 Å². The van der Waals surface area contributed by atoms with Crippen molar-refractivity contribution in [2.24, 2.45) is 5.92 Å². The first-order chi connectivity index (χ1) is 8.65. The molecule has 1 aliphatic rings. The Hall–Kier alpha value is -1.33. The number of carboxylic acid groups (broad SMARTS) is 1. The topological polar surface area (TPSA) is 82.7 Å². The molecule has 1 aromatic rings. The van der Waals surface area contributed by atoms with Crippen molar-refractivity contribution in [2.75, 3.05) is 6.54 Å². The van der Waals surface area contributed by atoms with Crippen LogP contribution in [0.3, 0.4) is 0 Å². The molecule has 5 nitrogen and oxygen atoms in total. The second-order valence-corrected chi connectivity index (χ2v) is 4.92. The van der Waals surface area contributed by atoms with Crippen molar-refractivity contribution in [1.29, 1.82) is 0 Å². The number of rotatable bonds is 5. The second-order valence-electron chi connectivity index (χ2n) is 4.92. The molecule has 1 fully saturated rings. The predicted octanol–water partition coefficient (Wildman–Crippen LogP) is 1.62. The van der Waals surface area contributed by atoms with Crippen LogP contribution in [-0.4, -0.2) is 28.8 Å². The average molecular weight is 253 g/mol. The molecule has 2 atom stereocenters. The zero-order chi connectivity index (χ0) is 13.0. The van der Waals surface area contributed by atoms with E-state index in [1.807, 2.05) is 0 Å². The van der Waals surface area contributed by atoms with Crippen LogP contribution in [0, 0.1) is 5.92 Å². The Morgan fingerprint density at radius 3 is 3.00 bits per heavy atom. The Morgan fingerprint density at radius 1 is 1.50 bits per heavy atom. The fraction of sp³-hybridized carbons (Fsp3) is 0.615. The highest BCUT2D eigenvalue weighted by Crippen LogP contribution is 2.23. The summed E-state index contributed by atoms with van der Waals surface area (Å²) in [6.07, 6.45) is 5.08. The number of hydrogen-bond acceptors (Lipinski definition) is 4. The minimum atomic E-state index is -0.972. The van der Waals surface area contributed by atoms with E-state index in [0.717, 1.165) is 32.2 Å². The molecule has 2 unspecified atom stereocenters. The normalized spacial score (nSPS) is 24.1. The molecule has 1 aliphatic carbocycles. The first-order valence-corrected chi connectivity index (χ1v) is 6.34. The minimum Gasteiger partial charge on any atom is -0.478 e. The van der Waals surface area contributed by atoms with Crippen LogP contribution in [0.2, 0.25) is 0 Å². The van der Waals surface area contributed by atoms with Crippen LogP contribution in [-0.2, 0) is 6.54 Å². The van der Waals surface area contributed by atoms with E-state index < -0.39 is 5.97 Å². The third-order valence-electron chi connectivity index (χ3n) is 3.39. The Bertz CT molecular complexity index is 401. The van der Waals surface area contributed by atoms with E-state index in [2.05, 4.69) is 5.32 Å². The van der Waals surface area contributed by atoms with Crippen LogP contribution in [0.25, 0.3) is 0 Å². The minimum absolute atomic E-state index is 0.159. The number of aliphatic hydroxyl groups excluding tert-OH is 1. The van der Waals surface area contributed by atoms with Crippen molar-refractivity contribution in [1.82, 2.24) is 5.32 Å². The summed E-state index contributed by atoms with van der Waals surface area (Å²) in [6, 6.07) is 1.53. The second kappa shape index (κ2) is 6.02. The zero-order valence-electron chi connectivity index (χ0n) is 10.3. The monoisotopic (exact) mass is 253 g/mol. The molecule has 1 heterocycles. The molecule has 1 saturated carbocycles. The maximum atomic E-state index is 10.7. The van der Waals surface area contributed by atoms with E-state index >= 15 is 0 Å². The number of hydrogen-bond donors (Lipinski definition) is 3. The van der Waals surface area contributed by atoms with Crippen molar-refractivity contribution in [2.45, 2.75) is 38.3 Å². The summed E-state index contributed by atoms with van der Waals surface area (Å²) >= 11 is 0. The lowest BCUT2D eigenvalue weighted by Crippen LogP contribution is -2.28. The number of aliphatic hydroxyl groups is 1. The predicted molar refractivity (Wildman–Crippen MR) is 65.3 cm³/mol. The molecule has 0 bridgehead atoms. The molecule has 0 spiro atoms. The zero-order valence-corrected chi connectivity index (χ0v) is 10.3. The summed E-state index contributed by atoms with van der Waals surface area (Å²) in [6.45, 7) is 1.36. The van der Waals surface area contributed by atoms with Crippen molar-refractivity contribution < 1.29 is 19.4 Å². The molecule has 3 N–H and O–H groups in total. The third kappa shape index (κ3) is 3.58. The average Bonchev–Trinajstić information content (AvgIpc) is 2.78. The van der Waals surface area contributed by atoms with Gasteiger partial charge in [0.2, 0.25) is 0 Å². The Balaban J connectivity index is 1.72. The molecule has 18 heavy (non-hydrogen) atoms. The lowest BCUT2D eigenvalue weighted by atomic mass is 9.87. The number of nitrogens with one attached hydrogen (secondary N) is 1. The molecule has 100 valence electrons. The first-order valence-electron chi connectivity index (χ1n) is 6.34. The molecule has 1 aromatic heterocycles. The largest absolute Gasteiger partial charge is 0.478 e. The molecule has 0 saturated heterocycles. The molecule has 5 heteroatoms. The van der Waals surface area contributed by atoms with Gasteiger partial charge in [-0.3, -0.25) is 0 Å². The fourth-order valence-electron chi connectivity index (χ4n) is 2.43. The summed E-state index contributed by atoms with van der Waals surface area (Å²) in [5.74, 6) is 0.159. The van der Waals surface area contributed by atoms with Crippen LogP contribution >= 0.6 is 0 Å². The number of aromatic carboxylic acids is 1. The van der Waals surface area contributed by atoms with Gasteiger partial charge in [-0.2, -0.15) is 0 Å². The Kier molecular flexibility index (Phi) is 4.38. The Morgan fingerprint density at radius 2 is 2.33 bits per heavy atom. The van der Waals surface area contributed by atoms with Crippen molar-refractivity contribution >= 4 is 5.97 Å². The molecular weight excluding hydrogens is 234 g/mol. The van der Waals surface area contributed by atoms with E-state index in [0.29, 0.717) is 18.2 Å². The fourth-order valence-corrected chi connectivity index (χ4v) is 2.43. The van der Waals surface area contributed by atoms with Crippen LogP contribution in [0.5, 0.6) is 0 Å². The van der Waals surface area contributed by atoms with Crippen LogP contribution in [0.1, 0.15) is 41.8 Å². The molecule has 0 radical (unpaired) electrons.